The zero-order valence-electron chi connectivity index (χ0n) is 14.8. The maximum absolute atomic E-state index is 5.95. The van der Waals surface area contributed by atoms with Gasteiger partial charge in [-0.05, 0) is 36.1 Å². The summed E-state index contributed by atoms with van der Waals surface area (Å²) in [7, 11) is 3.87. The normalized spacial score (nSPS) is 11.7. The van der Waals surface area contributed by atoms with Crippen LogP contribution in [0, 0.1) is 6.92 Å². The highest BCUT2D eigenvalue weighted by molar-refractivity contribution is 5.60. The fourth-order valence-electron chi connectivity index (χ4n) is 2.04. The molecule has 0 aliphatic heterocycles. The average Bonchev–Trinajstić information content (AvgIpc) is 2.47. The van der Waals surface area contributed by atoms with Gasteiger partial charge in [-0.3, -0.25) is 0 Å². The van der Waals surface area contributed by atoms with E-state index >= 15 is 0 Å². The van der Waals surface area contributed by atoms with E-state index in [0.29, 0.717) is 5.88 Å². The lowest BCUT2D eigenvalue weighted by atomic mass is 9.87. The van der Waals surface area contributed by atoms with Crippen LogP contribution in [-0.2, 0) is 5.41 Å². The molecule has 0 aliphatic carbocycles. The molecule has 0 bridgehead atoms. The number of hydrogen-bond donors (Lipinski definition) is 0. The molecule has 0 saturated heterocycles. The lowest BCUT2D eigenvalue weighted by molar-refractivity contribution is 0.456. The monoisotopic (exact) mass is 311 g/mol. The molecule has 0 fully saturated rings. The molecule has 0 radical (unpaired) electrons. The first-order chi connectivity index (χ1) is 10.8. The van der Waals surface area contributed by atoms with E-state index in [1.807, 2.05) is 44.1 Å². The van der Waals surface area contributed by atoms with Crippen LogP contribution in [0.2, 0.25) is 0 Å². The number of pyridine rings is 1. The Morgan fingerprint density at radius 1 is 1.17 bits per heavy atom. The molecule has 1 aromatic heterocycles. The van der Waals surface area contributed by atoms with Gasteiger partial charge in [0.1, 0.15) is 5.75 Å². The summed E-state index contributed by atoms with van der Waals surface area (Å²) in [6.45, 7) is 8.54. The van der Waals surface area contributed by atoms with E-state index in [9.17, 15) is 0 Å². The summed E-state index contributed by atoms with van der Waals surface area (Å²) in [6.07, 6.45) is 3.47. The van der Waals surface area contributed by atoms with Crippen molar-refractivity contribution in [1.82, 2.24) is 9.88 Å². The zero-order valence-corrected chi connectivity index (χ0v) is 14.8. The second-order valence-corrected chi connectivity index (χ2v) is 6.90. The van der Waals surface area contributed by atoms with Crippen molar-refractivity contribution in [2.45, 2.75) is 33.1 Å². The standard InChI is InChI=1S/C19H25N3O/c1-14-10-16(21-13-22(5)6)12-20-18(14)23-17-9-7-8-15(11-17)19(2,3)4/h7-13H,1-6H3. The molecular weight excluding hydrogens is 286 g/mol. The molecule has 0 N–H and O–H groups in total. The van der Waals surface area contributed by atoms with E-state index < -0.39 is 0 Å². The maximum atomic E-state index is 5.95. The number of rotatable bonds is 4. The summed E-state index contributed by atoms with van der Waals surface area (Å²) in [5.74, 6) is 1.41. The topological polar surface area (TPSA) is 37.7 Å². The first kappa shape index (κ1) is 17.0. The molecule has 0 aliphatic rings. The molecule has 0 unspecified atom stereocenters. The van der Waals surface area contributed by atoms with Crippen LogP contribution in [0.5, 0.6) is 11.6 Å². The second kappa shape index (κ2) is 6.82. The predicted molar refractivity (Wildman–Crippen MR) is 96.0 cm³/mol. The summed E-state index contributed by atoms with van der Waals surface area (Å²) in [6, 6.07) is 10.1. The lowest BCUT2D eigenvalue weighted by Crippen LogP contribution is -2.10. The minimum atomic E-state index is 0.0899. The van der Waals surface area contributed by atoms with Gasteiger partial charge in [0.05, 0.1) is 18.2 Å². The van der Waals surface area contributed by atoms with Gasteiger partial charge in [-0.1, -0.05) is 32.9 Å². The van der Waals surface area contributed by atoms with Crippen molar-refractivity contribution in [2.75, 3.05) is 14.1 Å². The van der Waals surface area contributed by atoms with Crippen LogP contribution < -0.4 is 4.74 Å². The van der Waals surface area contributed by atoms with E-state index in [-0.39, 0.29) is 5.41 Å². The van der Waals surface area contributed by atoms with E-state index in [2.05, 4.69) is 42.9 Å². The predicted octanol–water partition coefficient (Wildman–Crippen LogP) is 4.70. The Bertz CT molecular complexity index is 700. The molecule has 0 atom stereocenters. The Balaban J connectivity index is 2.21. The molecule has 4 heteroatoms. The minimum absolute atomic E-state index is 0.0899. The fraction of sp³-hybridized carbons (Fsp3) is 0.368. The maximum Gasteiger partial charge on any atom is 0.222 e. The smallest absolute Gasteiger partial charge is 0.222 e. The Labute approximate surface area is 138 Å². The Morgan fingerprint density at radius 3 is 2.52 bits per heavy atom. The van der Waals surface area contributed by atoms with Crippen LogP contribution in [0.15, 0.2) is 41.5 Å². The molecule has 1 heterocycles. The number of nitrogens with zero attached hydrogens (tertiary/aromatic N) is 3. The molecular formula is C19H25N3O. The SMILES string of the molecule is Cc1cc(N=CN(C)C)cnc1Oc1cccc(C(C)(C)C)c1. The number of ether oxygens (including phenoxy) is 1. The summed E-state index contributed by atoms with van der Waals surface area (Å²) in [5.41, 5.74) is 3.10. The minimum Gasteiger partial charge on any atom is -0.439 e. The van der Waals surface area contributed by atoms with Crippen molar-refractivity contribution >= 4 is 12.0 Å². The largest absolute Gasteiger partial charge is 0.439 e. The molecule has 4 nitrogen and oxygen atoms in total. The van der Waals surface area contributed by atoms with Gasteiger partial charge in [-0.15, -0.1) is 0 Å². The van der Waals surface area contributed by atoms with Gasteiger partial charge in [0.2, 0.25) is 5.88 Å². The molecule has 2 aromatic rings. The van der Waals surface area contributed by atoms with Gasteiger partial charge in [0, 0.05) is 19.7 Å². The Hall–Kier alpha value is -2.36. The number of benzene rings is 1. The summed E-state index contributed by atoms with van der Waals surface area (Å²) >= 11 is 0. The third kappa shape index (κ3) is 4.81. The third-order valence-corrected chi connectivity index (χ3v) is 3.37. The quantitative estimate of drug-likeness (QED) is 0.606. The van der Waals surface area contributed by atoms with Gasteiger partial charge in [0.15, 0.2) is 0 Å². The van der Waals surface area contributed by atoms with E-state index in [4.69, 9.17) is 4.74 Å². The van der Waals surface area contributed by atoms with E-state index in [0.717, 1.165) is 17.0 Å². The van der Waals surface area contributed by atoms with Gasteiger partial charge in [0.25, 0.3) is 0 Å². The van der Waals surface area contributed by atoms with Gasteiger partial charge >= 0.3 is 0 Å². The number of aryl methyl sites for hydroxylation is 1. The van der Waals surface area contributed by atoms with Crippen LogP contribution >= 0.6 is 0 Å². The highest BCUT2D eigenvalue weighted by Crippen LogP contribution is 2.29. The van der Waals surface area contributed by atoms with Crippen LogP contribution in [0.25, 0.3) is 0 Å². The Kier molecular flexibility index (Phi) is 5.04. The molecule has 23 heavy (non-hydrogen) atoms. The van der Waals surface area contributed by atoms with Crippen LogP contribution in [-0.4, -0.2) is 30.3 Å². The van der Waals surface area contributed by atoms with E-state index in [1.54, 1.807) is 12.5 Å². The van der Waals surface area contributed by atoms with E-state index in [1.165, 1.54) is 5.56 Å². The van der Waals surface area contributed by atoms with Crippen molar-refractivity contribution < 1.29 is 4.74 Å². The highest BCUT2D eigenvalue weighted by Gasteiger charge is 2.14. The van der Waals surface area contributed by atoms with Crippen molar-refractivity contribution in [3.05, 3.63) is 47.7 Å². The van der Waals surface area contributed by atoms with Crippen LogP contribution in [0.3, 0.4) is 0 Å². The molecule has 1 aromatic carbocycles. The molecule has 0 amide bonds. The average molecular weight is 311 g/mol. The van der Waals surface area contributed by atoms with Crippen molar-refractivity contribution in [2.24, 2.45) is 4.99 Å². The molecule has 0 spiro atoms. The van der Waals surface area contributed by atoms with Gasteiger partial charge in [-0.2, -0.15) is 0 Å². The van der Waals surface area contributed by atoms with Gasteiger partial charge < -0.3 is 9.64 Å². The van der Waals surface area contributed by atoms with Crippen molar-refractivity contribution in [1.29, 1.82) is 0 Å². The van der Waals surface area contributed by atoms with Crippen molar-refractivity contribution in [3.63, 3.8) is 0 Å². The first-order valence-electron chi connectivity index (χ1n) is 7.71. The summed E-state index contributed by atoms with van der Waals surface area (Å²) in [4.78, 5) is 10.6. The first-order valence-corrected chi connectivity index (χ1v) is 7.71. The molecule has 122 valence electrons. The molecule has 0 saturated carbocycles. The fourth-order valence-corrected chi connectivity index (χ4v) is 2.04. The molecule has 2 rings (SSSR count). The Morgan fingerprint density at radius 2 is 1.91 bits per heavy atom. The number of aromatic nitrogens is 1. The van der Waals surface area contributed by atoms with Gasteiger partial charge in [-0.25, -0.2) is 9.98 Å². The zero-order chi connectivity index (χ0) is 17.0. The van der Waals surface area contributed by atoms with Crippen LogP contribution in [0.1, 0.15) is 31.9 Å². The van der Waals surface area contributed by atoms with Crippen LogP contribution in [0.4, 0.5) is 5.69 Å². The third-order valence-electron chi connectivity index (χ3n) is 3.37. The number of aliphatic imine (C=N–C) groups is 1. The summed E-state index contributed by atoms with van der Waals surface area (Å²) < 4.78 is 5.95. The van der Waals surface area contributed by atoms with Crippen molar-refractivity contribution in [3.8, 4) is 11.6 Å². The highest BCUT2D eigenvalue weighted by atomic mass is 16.5. The second-order valence-electron chi connectivity index (χ2n) is 6.90. The summed E-state index contributed by atoms with van der Waals surface area (Å²) in [5, 5.41) is 0. The number of hydrogen-bond acceptors (Lipinski definition) is 3. The lowest BCUT2D eigenvalue weighted by Gasteiger charge is -2.19.